The number of carbonyl (C=O) groups excluding carboxylic acids is 1. The zero-order valence-electron chi connectivity index (χ0n) is 13.6. The van der Waals surface area contributed by atoms with E-state index in [9.17, 15) is 4.79 Å². The summed E-state index contributed by atoms with van der Waals surface area (Å²) >= 11 is 0. The second kappa shape index (κ2) is 7.88. The topological polar surface area (TPSA) is 56.8 Å². The van der Waals surface area contributed by atoms with Crippen LogP contribution in [0.1, 0.15) is 26.3 Å². The molecule has 0 spiro atoms. The number of ether oxygens (including phenoxy) is 3. The highest BCUT2D eigenvalue weighted by Crippen LogP contribution is 2.32. The number of aryl methyl sites for hydroxylation is 1. The number of hydrogen-bond acceptors (Lipinski definition) is 4. The highest BCUT2D eigenvalue weighted by atomic mass is 16.5. The molecule has 0 radical (unpaired) electrons. The second-order valence-corrected chi connectivity index (χ2v) is 5.38. The third-order valence-electron chi connectivity index (χ3n) is 3.04. The van der Waals surface area contributed by atoms with Crippen molar-refractivity contribution < 1.29 is 19.0 Å². The van der Waals surface area contributed by atoms with E-state index in [1.807, 2.05) is 26.8 Å². The third kappa shape index (κ3) is 4.93. The minimum absolute atomic E-state index is 0.175. The van der Waals surface area contributed by atoms with Crippen molar-refractivity contribution in [1.82, 2.24) is 0 Å². The van der Waals surface area contributed by atoms with Crippen LogP contribution in [0.3, 0.4) is 0 Å². The smallest absolute Gasteiger partial charge is 0.253 e. The van der Waals surface area contributed by atoms with Crippen molar-refractivity contribution in [3.8, 4) is 11.5 Å². The minimum atomic E-state index is -0.500. The largest absolute Gasteiger partial charge is 0.493 e. The van der Waals surface area contributed by atoms with E-state index < -0.39 is 6.10 Å². The number of amides is 1. The quantitative estimate of drug-likeness (QED) is 0.840. The molecule has 0 aliphatic carbocycles. The van der Waals surface area contributed by atoms with E-state index in [0.29, 0.717) is 29.7 Å². The number of carbonyl (C=O) groups is 1. The lowest BCUT2D eigenvalue weighted by atomic mass is 10.1. The average Bonchev–Trinajstić information content (AvgIpc) is 2.45. The van der Waals surface area contributed by atoms with Gasteiger partial charge in [-0.3, -0.25) is 4.79 Å². The summed E-state index contributed by atoms with van der Waals surface area (Å²) in [5, 5.41) is 2.86. The highest BCUT2D eigenvalue weighted by molar-refractivity contribution is 5.95. The van der Waals surface area contributed by atoms with Crippen molar-refractivity contribution in [2.24, 2.45) is 5.92 Å². The van der Waals surface area contributed by atoms with Crippen LogP contribution in [0.4, 0.5) is 5.69 Å². The molecule has 1 unspecified atom stereocenters. The summed E-state index contributed by atoms with van der Waals surface area (Å²) in [6.45, 7) is 8.29. The Bertz CT molecular complexity index is 485. The summed E-state index contributed by atoms with van der Waals surface area (Å²) < 4.78 is 16.0. The van der Waals surface area contributed by atoms with Crippen LogP contribution in [-0.4, -0.2) is 32.8 Å². The zero-order valence-corrected chi connectivity index (χ0v) is 13.6. The van der Waals surface area contributed by atoms with Crippen LogP contribution >= 0.6 is 0 Å². The summed E-state index contributed by atoms with van der Waals surface area (Å²) in [5.74, 6) is 1.43. The molecule has 0 heterocycles. The molecule has 1 aromatic carbocycles. The standard InChI is InChI=1S/C16H25NO4/c1-10(2)9-21-12(4)16(18)17-13-8-15(20-6)14(19-5)7-11(13)3/h7-8,10,12H,9H2,1-6H3,(H,17,18). The lowest BCUT2D eigenvalue weighted by molar-refractivity contribution is -0.126. The van der Waals surface area contributed by atoms with E-state index in [2.05, 4.69) is 5.32 Å². The van der Waals surface area contributed by atoms with E-state index in [4.69, 9.17) is 14.2 Å². The molecule has 0 aliphatic rings. The fraction of sp³-hybridized carbons (Fsp3) is 0.562. The van der Waals surface area contributed by atoms with Gasteiger partial charge in [-0.2, -0.15) is 0 Å². The summed E-state index contributed by atoms with van der Waals surface area (Å²) in [5.41, 5.74) is 1.59. The summed E-state index contributed by atoms with van der Waals surface area (Å²) in [6, 6.07) is 3.58. The first-order valence-corrected chi connectivity index (χ1v) is 7.04. The van der Waals surface area contributed by atoms with Crippen LogP contribution in [0.2, 0.25) is 0 Å². The van der Waals surface area contributed by atoms with Crippen LogP contribution < -0.4 is 14.8 Å². The molecule has 0 bridgehead atoms. The normalized spacial score (nSPS) is 12.1. The number of anilines is 1. The fourth-order valence-electron chi connectivity index (χ4n) is 1.76. The van der Waals surface area contributed by atoms with Gasteiger partial charge in [0.25, 0.3) is 5.91 Å². The number of hydrogen-bond donors (Lipinski definition) is 1. The highest BCUT2D eigenvalue weighted by Gasteiger charge is 2.16. The molecular formula is C16H25NO4. The molecular weight excluding hydrogens is 270 g/mol. The molecule has 1 atom stereocenters. The molecule has 1 rings (SSSR count). The first kappa shape index (κ1) is 17.3. The van der Waals surface area contributed by atoms with Gasteiger partial charge in [-0.05, 0) is 31.4 Å². The summed E-state index contributed by atoms with van der Waals surface area (Å²) in [6.07, 6.45) is -0.500. The predicted molar refractivity (Wildman–Crippen MR) is 83.2 cm³/mol. The molecule has 0 aromatic heterocycles. The van der Waals surface area contributed by atoms with Crippen molar-refractivity contribution >= 4 is 11.6 Å². The number of rotatable bonds is 7. The van der Waals surface area contributed by atoms with Crippen molar-refractivity contribution in [2.75, 3.05) is 26.1 Å². The summed E-state index contributed by atoms with van der Waals surface area (Å²) in [4.78, 5) is 12.1. The molecule has 0 saturated carbocycles. The monoisotopic (exact) mass is 295 g/mol. The van der Waals surface area contributed by atoms with E-state index in [1.54, 1.807) is 27.2 Å². The molecule has 5 heteroatoms. The fourth-order valence-corrected chi connectivity index (χ4v) is 1.76. The molecule has 0 saturated heterocycles. The number of nitrogens with one attached hydrogen (secondary N) is 1. The van der Waals surface area contributed by atoms with Gasteiger partial charge in [0.05, 0.1) is 14.2 Å². The SMILES string of the molecule is COc1cc(C)c(NC(=O)C(C)OCC(C)C)cc1OC. The molecule has 0 fully saturated rings. The predicted octanol–water partition coefficient (Wildman–Crippen LogP) is 3.01. The van der Waals surface area contributed by atoms with Gasteiger partial charge in [0, 0.05) is 18.4 Å². The zero-order chi connectivity index (χ0) is 16.0. The van der Waals surface area contributed by atoms with E-state index in [1.165, 1.54) is 0 Å². The summed E-state index contributed by atoms with van der Waals surface area (Å²) in [7, 11) is 3.14. The molecule has 1 aromatic rings. The Morgan fingerprint density at radius 3 is 2.24 bits per heavy atom. The van der Waals surface area contributed by atoms with Crippen molar-refractivity contribution in [3.05, 3.63) is 17.7 Å². The third-order valence-corrected chi connectivity index (χ3v) is 3.04. The van der Waals surface area contributed by atoms with Crippen LogP contribution in [0, 0.1) is 12.8 Å². The van der Waals surface area contributed by atoms with Gasteiger partial charge in [-0.1, -0.05) is 13.8 Å². The van der Waals surface area contributed by atoms with Crippen molar-refractivity contribution in [2.45, 2.75) is 33.8 Å². The van der Waals surface area contributed by atoms with E-state index in [-0.39, 0.29) is 5.91 Å². The second-order valence-electron chi connectivity index (χ2n) is 5.38. The molecule has 0 aliphatic heterocycles. The molecule has 118 valence electrons. The van der Waals surface area contributed by atoms with Crippen LogP contribution in [0.5, 0.6) is 11.5 Å². The Morgan fingerprint density at radius 2 is 1.71 bits per heavy atom. The van der Waals surface area contributed by atoms with Crippen molar-refractivity contribution in [3.63, 3.8) is 0 Å². The van der Waals surface area contributed by atoms with Gasteiger partial charge in [0.1, 0.15) is 6.10 Å². The number of benzene rings is 1. The van der Waals surface area contributed by atoms with Crippen LogP contribution in [0.25, 0.3) is 0 Å². The maximum Gasteiger partial charge on any atom is 0.253 e. The van der Waals surface area contributed by atoms with Gasteiger partial charge in [0.15, 0.2) is 11.5 Å². The number of methoxy groups -OCH3 is 2. The Morgan fingerprint density at radius 1 is 1.14 bits per heavy atom. The minimum Gasteiger partial charge on any atom is -0.493 e. The molecule has 1 amide bonds. The van der Waals surface area contributed by atoms with Gasteiger partial charge < -0.3 is 19.5 Å². The Hall–Kier alpha value is -1.75. The van der Waals surface area contributed by atoms with Gasteiger partial charge in [-0.15, -0.1) is 0 Å². The maximum absolute atomic E-state index is 12.1. The Kier molecular flexibility index (Phi) is 6.49. The maximum atomic E-state index is 12.1. The lowest BCUT2D eigenvalue weighted by Crippen LogP contribution is -2.29. The van der Waals surface area contributed by atoms with Crippen molar-refractivity contribution in [1.29, 1.82) is 0 Å². The Labute approximate surface area is 126 Å². The first-order chi connectivity index (χ1) is 9.88. The van der Waals surface area contributed by atoms with Crippen LogP contribution in [-0.2, 0) is 9.53 Å². The first-order valence-electron chi connectivity index (χ1n) is 7.04. The van der Waals surface area contributed by atoms with Gasteiger partial charge in [0.2, 0.25) is 0 Å². The lowest BCUT2D eigenvalue weighted by Gasteiger charge is -2.17. The molecule has 5 nitrogen and oxygen atoms in total. The van der Waals surface area contributed by atoms with Gasteiger partial charge >= 0.3 is 0 Å². The molecule has 1 N–H and O–H groups in total. The van der Waals surface area contributed by atoms with Crippen LogP contribution in [0.15, 0.2) is 12.1 Å². The van der Waals surface area contributed by atoms with Gasteiger partial charge in [-0.25, -0.2) is 0 Å². The van der Waals surface area contributed by atoms with E-state index in [0.717, 1.165) is 5.56 Å². The average molecular weight is 295 g/mol. The van der Waals surface area contributed by atoms with E-state index >= 15 is 0 Å². The molecule has 21 heavy (non-hydrogen) atoms. The Balaban J connectivity index is 2.80.